The Kier molecular flexibility index (Phi) is 1.90. The fraction of sp³-hybridized carbons (Fsp3) is 0. The van der Waals surface area contributed by atoms with E-state index in [4.69, 9.17) is 5.11 Å². The molecule has 2 rings (SSSR count). The summed E-state index contributed by atoms with van der Waals surface area (Å²) in [6.45, 7) is 0. The highest BCUT2D eigenvalue weighted by Crippen LogP contribution is 2.29. The second-order valence-electron chi connectivity index (χ2n) is 2.58. The largest absolute Gasteiger partial charge is 0.465 e. The van der Waals surface area contributed by atoms with Crippen LogP contribution in [0, 0.1) is 0 Å². The van der Waals surface area contributed by atoms with Crippen LogP contribution in [0.25, 0.3) is 10.1 Å². The van der Waals surface area contributed by atoms with E-state index in [9.17, 15) is 4.79 Å². The van der Waals surface area contributed by atoms with Crippen molar-refractivity contribution in [3.05, 3.63) is 30.3 Å². The van der Waals surface area contributed by atoms with Crippen LogP contribution in [0.2, 0.25) is 0 Å². The molecule has 2 N–H and O–H groups in total. The van der Waals surface area contributed by atoms with Crippen LogP contribution >= 0.6 is 11.3 Å². The minimum absolute atomic E-state index is 0.661. The van der Waals surface area contributed by atoms with E-state index in [1.165, 1.54) is 11.3 Å². The Morgan fingerprint density at radius 3 is 2.85 bits per heavy atom. The van der Waals surface area contributed by atoms with Crippen molar-refractivity contribution in [1.29, 1.82) is 0 Å². The van der Waals surface area contributed by atoms with Crippen molar-refractivity contribution in [2.45, 2.75) is 0 Å². The van der Waals surface area contributed by atoms with Crippen molar-refractivity contribution in [2.75, 3.05) is 5.32 Å². The van der Waals surface area contributed by atoms with Gasteiger partial charge in [0, 0.05) is 4.70 Å². The van der Waals surface area contributed by atoms with Crippen LogP contribution in [0.1, 0.15) is 0 Å². The van der Waals surface area contributed by atoms with Gasteiger partial charge >= 0.3 is 6.09 Å². The van der Waals surface area contributed by atoms with Gasteiger partial charge in [-0.15, -0.1) is 11.3 Å². The first kappa shape index (κ1) is 8.07. The maximum absolute atomic E-state index is 10.3. The molecule has 0 bridgehead atoms. The third-order valence-corrected chi connectivity index (χ3v) is 2.69. The molecule has 3 nitrogen and oxygen atoms in total. The fourth-order valence-electron chi connectivity index (χ4n) is 1.15. The summed E-state index contributed by atoms with van der Waals surface area (Å²) in [4.78, 5) is 10.3. The van der Waals surface area contributed by atoms with Crippen molar-refractivity contribution >= 4 is 32.5 Å². The number of carbonyl (C=O) groups is 1. The molecule has 0 spiro atoms. The van der Waals surface area contributed by atoms with Crippen molar-refractivity contribution in [3.63, 3.8) is 0 Å². The third-order valence-electron chi connectivity index (χ3n) is 1.66. The average molecular weight is 193 g/mol. The first-order valence-corrected chi connectivity index (χ1v) is 4.56. The predicted molar refractivity (Wildman–Crippen MR) is 53.5 cm³/mol. The van der Waals surface area contributed by atoms with Gasteiger partial charge in [-0.05, 0) is 17.5 Å². The Labute approximate surface area is 78.6 Å². The van der Waals surface area contributed by atoms with Crippen LogP contribution in [-0.4, -0.2) is 11.2 Å². The molecule has 0 unspecified atom stereocenters. The number of benzene rings is 1. The number of nitrogens with one attached hydrogen (secondary N) is 1. The molecule has 1 aromatic heterocycles. The van der Waals surface area contributed by atoms with Gasteiger partial charge in [0.25, 0.3) is 0 Å². The van der Waals surface area contributed by atoms with Crippen LogP contribution in [0.4, 0.5) is 9.80 Å². The quantitative estimate of drug-likeness (QED) is 0.731. The van der Waals surface area contributed by atoms with E-state index in [1.54, 1.807) is 0 Å². The molecular formula is C9H7NO2S. The highest BCUT2D eigenvalue weighted by Gasteiger charge is 2.02. The molecule has 1 heterocycles. The minimum atomic E-state index is -1.02. The SMILES string of the molecule is O=C(O)Nc1cc2ccccc2s1. The van der Waals surface area contributed by atoms with Gasteiger partial charge in [-0.1, -0.05) is 18.2 Å². The lowest BCUT2D eigenvalue weighted by atomic mass is 10.3. The zero-order valence-corrected chi connectivity index (χ0v) is 7.47. The summed E-state index contributed by atoms with van der Waals surface area (Å²) in [6, 6.07) is 9.61. The molecule has 0 atom stereocenters. The zero-order chi connectivity index (χ0) is 9.26. The normalized spacial score (nSPS) is 10.2. The fourth-order valence-corrected chi connectivity index (χ4v) is 2.10. The number of rotatable bonds is 1. The van der Waals surface area contributed by atoms with Gasteiger partial charge in [-0.2, -0.15) is 0 Å². The summed E-state index contributed by atoms with van der Waals surface area (Å²) in [5, 5.41) is 12.5. The molecule has 1 aromatic carbocycles. The van der Waals surface area contributed by atoms with Crippen molar-refractivity contribution < 1.29 is 9.90 Å². The molecule has 0 saturated heterocycles. The Balaban J connectivity index is 2.44. The van der Waals surface area contributed by atoms with Crippen molar-refractivity contribution in [3.8, 4) is 0 Å². The maximum Gasteiger partial charge on any atom is 0.409 e. The van der Waals surface area contributed by atoms with E-state index < -0.39 is 6.09 Å². The number of thiophene rings is 1. The van der Waals surface area contributed by atoms with Crippen LogP contribution in [-0.2, 0) is 0 Å². The van der Waals surface area contributed by atoms with Gasteiger partial charge in [-0.25, -0.2) is 4.79 Å². The highest BCUT2D eigenvalue weighted by atomic mass is 32.1. The molecule has 0 radical (unpaired) electrons. The summed E-state index contributed by atoms with van der Waals surface area (Å²) in [6.07, 6.45) is -1.02. The van der Waals surface area contributed by atoms with Gasteiger partial charge in [-0.3, -0.25) is 5.32 Å². The molecule has 0 aliphatic carbocycles. The van der Waals surface area contributed by atoms with Gasteiger partial charge < -0.3 is 5.11 Å². The summed E-state index contributed by atoms with van der Waals surface area (Å²) < 4.78 is 1.09. The average Bonchev–Trinajstić information content (AvgIpc) is 2.44. The van der Waals surface area contributed by atoms with Crippen molar-refractivity contribution in [1.82, 2.24) is 0 Å². The minimum Gasteiger partial charge on any atom is -0.465 e. The van der Waals surface area contributed by atoms with E-state index in [0.717, 1.165) is 10.1 Å². The molecule has 0 fully saturated rings. The third kappa shape index (κ3) is 1.62. The first-order valence-electron chi connectivity index (χ1n) is 3.74. The molecule has 66 valence electrons. The lowest BCUT2D eigenvalue weighted by Crippen LogP contribution is -2.04. The predicted octanol–water partition coefficient (Wildman–Crippen LogP) is 2.99. The standard InChI is InChI=1S/C9H7NO2S/c11-9(12)10-8-5-6-3-1-2-4-7(6)13-8/h1-5,10H,(H,11,12). The Morgan fingerprint density at radius 2 is 2.15 bits per heavy atom. The van der Waals surface area contributed by atoms with Gasteiger partial charge in [0.05, 0.1) is 5.00 Å². The second-order valence-corrected chi connectivity index (χ2v) is 3.66. The van der Waals surface area contributed by atoms with E-state index in [1.807, 2.05) is 30.3 Å². The van der Waals surface area contributed by atoms with Crippen LogP contribution in [0.15, 0.2) is 30.3 Å². The lowest BCUT2D eigenvalue weighted by molar-refractivity contribution is 0.210. The number of hydrogen-bond acceptors (Lipinski definition) is 2. The number of amides is 1. The van der Waals surface area contributed by atoms with Crippen LogP contribution in [0.3, 0.4) is 0 Å². The van der Waals surface area contributed by atoms with Gasteiger partial charge in [0.1, 0.15) is 0 Å². The van der Waals surface area contributed by atoms with E-state index in [0.29, 0.717) is 5.00 Å². The topological polar surface area (TPSA) is 49.3 Å². The molecule has 0 aliphatic heterocycles. The molecule has 0 saturated carbocycles. The van der Waals surface area contributed by atoms with E-state index in [-0.39, 0.29) is 0 Å². The lowest BCUT2D eigenvalue weighted by Gasteiger charge is -1.91. The Morgan fingerprint density at radius 1 is 1.38 bits per heavy atom. The molecule has 13 heavy (non-hydrogen) atoms. The van der Waals surface area contributed by atoms with E-state index >= 15 is 0 Å². The molecular weight excluding hydrogens is 186 g/mol. The smallest absolute Gasteiger partial charge is 0.409 e. The highest BCUT2D eigenvalue weighted by molar-refractivity contribution is 7.22. The summed E-state index contributed by atoms with van der Waals surface area (Å²) >= 11 is 1.43. The van der Waals surface area contributed by atoms with Crippen LogP contribution in [0.5, 0.6) is 0 Å². The molecule has 4 heteroatoms. The molecule has 2 aromatic rings. The Bertz CT molecular complexity index is 417. The monoisotopic (exact) mass is 193 g/mol. The first-order chi connectivity index (χ1) is 6.25. The van der Waals surface area contributed by atoms with Gasteiger partial charge in [0.2, 0.25) is 0 Å². The number of carboxylic acid groups (broad SMARTS) is 1. The summed E-state index contributed by atoms with van der Waals surface area (Å²) in [7, 11) is 0. The number of fused-ring (bicyclic) bond motifs is 1. The van der Waals surface area contributed by atoms with Gasteiger partial charge in [0.15, 0.2) is 0 Å². The Hall–Kier alpha value is -1.55. The number of hydrogen-bond donors (Lipinski definition) is 2. The second kappa shape index (κ2) is 3.06. The van der Waals surface area contributed by atoms with Crippen LogP contribution < -0.4 is 5.32 Å². The zero-order valence-electron chi connectivity index (χ0n) is 6.65. The summed E-state index contributed by atoms with van der Waals surface area (Å²) in [5.74, 6) is 0. The molecule has 0 aliphatic rings. The van der Waals surface area contributed by atoms with E-state index in [2.05, 4.69) is 5.32 Å². The summed E-state index contributed by atoms with van der Waals surface area (Å²) in [5.41, 5.74) is 0. The number of anilines is 1. The van der Waals surface area contributed by atoms with Crippen molar-refractivity contribution in [2.24, 2.45) is 0 Å². The molecule has 1 amide bonds. The maximum atomic E-state index is 10.3.